The molecule has 1 amide bonds. The first-order valence-electron chi connectivity index (χ1n) is 9.33. The van der Waals surface area contributed by atoms with E-state index in [0.717, 1.165) is 11.1 Å². The lowest BCUT2D eigenvalue weighted by molar-refractivity contribution is -0.123. The molecule has 1 aromatic heterocycles. The number of amides is 1. The van der Waals surface area contributed by atoms with E-state index >= 15 is 0 Å². The molecular weight excluding hydrogens is 368 g/mol. The third-order valence-corrected chi connectivity index (χ3v) is 4.58. The molecule has 1 heterocycles. The molecule has 0 aliphatic carbocycles. The molecule has 29 heavy (non-hydrogen) atoms. The number of hydrogen-bond acceptors (Lipinski definition) is 5. The molecule has 0 spiro atoms. The van der Waals surface area contributed by atoms with Crippen LogP contribution in [0.3, 0.4) is 0 Å². The van der Waals surface area contributed by atoms with Crippen molar-refractivity contribution in [3.8, 4) is 5.75 Å². The highest BCUT2D eigenvalue weighted by atomic mass is 16.5. The fourth-order valence-corrected chi connectivity index (χ4v) is 3.07. The minimum absolute atomic E-state index is 0.393. The number of pyridine rings is 1. The molecule has 6 heteroatoms. The predicted octanol–water partition coefficient (Wildman–Crippen LogP) is 4.35. The number of aryl methyl sites for hydroxylation is 3. The molecule has 0 aliphatic rings. The summed E-state index contributed by atoms with van der Waals surface area (Å²) in [6.07, 6.45) is -0.985. The summed E-state index contributed by atoms with van der Waals surface area (Å²) in [7, 11) is 1.53. The maximum atomic E-state index is 12.8. The Morgan fingerprint density at radius 1 is 1.00 bits per heavy atom. The first-order valence-corrected chi connectivity index (χ1v) is 9.33. The summed E-state index contributed by atoms with van der Waals surface area (Å²) in [5, 5.41) is 3.47. The third kappa shape index (κ3) is 4.54. The fourth-order valence-electron chi connectivity index (χ4n) is 3.07. The van der Waals surface area contributed by atoms with Crippen molar-refractivity contribution in [2.75, 3.05) is 12.4 Å². The maximum absolute atomic E-state index is 12.8. The van der Waals surface area contributed by atoms with Gasteiger partial charge in [-0.15, -0.1) is 0 Å². The first kappa shape index (κ1) is 20.3. The van der Waals surface area contributed by atoms with Gasteiger partial charge in [-0.1, -0.05) is 17.7 Å². The average Bonchev–Trinajstić information content (AvgIpc) is 2.67. The lowest BCUT2D eigenvalue weighted by Crippen LogP contribution is -2.30. The zero-order valence-corrected chi connectivity index (χ0v) is 17.2. The second kappa shape index (κ2) is 8.31. The molecule has 0 saturated carbocycles. The van der Waals surface area contributed by atoms with Crippen molar-refractivity contribution in [1.82, 2.24) is 4.98 Å². The van der Waals surface area contributed by atoms with Crippen molar-refractivity contribution in [2.24, 2.45) is 0 Å². The van der Waals surface area contributed by atoms with Gasteiger partial charge in [-0.25, -0.2) is 4.79 Å². The molecule has 3 rings (SSSR count). The molecule has 0 aliphatic heterocycles. The summed E-state index contributed by atoms with van der Waals surface area (Å²) in [5.74, 6) is -0.466. The Kier molecular flexibility index (Phi) is 5.82. The minimum Gasteiger partial charge on any atom is -0.495 e. The van der Waals surface area contributed by atoms with Crippen LogP contribution in [0.2, 0.25) is 0 Å². The Balaban J connectivity index is 1.81. The molecule has 1 unspecified atom stereocenters. The zero-order chi connectivity index (χ0) is 21.1. The van der Waals surface area contributed by atoms with Gasteiger partial charge in [0.1, 0.15) is 5.75 Å². The third-order valence-electron chi connectivity index (χ3n) is 4.58. The average molecular weight is 392 g/mol. The Labute approximate surface area is 169 Å². The van der Waals surface area contributed by atoms with Crippen LogP contribution in [0.5, 0.6) is 5.75 Å². The summed E-state index contributed by atoms with van der Waals surface area (Å²) < 4.78 is 10.7. The van der Waals surface area contributed by atoms with Crippen LogP contribution >= 0.6 is 0 Å². The van der Waals surface area contributed by atoms with Gasteiger partial charge in [0.15, 0.2) is 6.10 Å². The van der Waals surface area contributed by atoms with Crippen molar-refractivity contribution < 1.29 is 19.1 Å². The van der Waals surface area contributed by atoms with E-state index in [4.69, 9.17) is 9.47 Å². The molecule has 2 aromatic carbocycles. The summed E-state index contributed by atoms with van der Waals surface area (Å²) in [6.45, 7) is 7.21. The van der Waals surface area contributed by atoms with E-state index in [1.54, 1.807) is 18.2 Å². The molecule has 0 saturated heterocycles. The van der Waals surface area contributed by atoms with Crippen LogP contribution in [0.1, 0.15) is 34.1 Å². The molecule has 1 atom stereocenters. The second-order valence-corrected chi connectivity index (χ2v) is 7.07. The number of rotatable bonds is 5. The number of ether oxygens (including phenoxy) is 2. The minimum atomic E-state index is -0.985. The van der Waals surface area contributed by atoms with Crippen LogP contribution < -0.4 is 10.1 Å². The van der Waals surface area contributed by atoms with Gasteiger partial charge in [0, 0.05) is 11.1 Å². The summed E-state index contributed by atoms with van der Waals surface area (Å²) in [6, 6.07) is 12.8. The van der Waals surface area contributed by atoms with Gasteiger partial charge in [-0.2, -0.15) is 0 Å². The maximum Gasteiger partial charge on any atom is 0.339 e. The number of hydrogen-bond donors (Lipinski definition) is 1. The first-order chi connectivity index (χ1) is 13.8. The van der Waals surface area contributed by atoms with E-state index in [1.165, 1.54) is 14.0 Å². The second-order valence-electron chi connectivity index (χ2n) is 7.07. The number of esters is 1. The van der Waals surface area contributed by atoms with Gasteiger partial charge >= 0.3 is 5.97 Å². The molecule has 0 radical (unpaired) electrons. The number of carbonyl (C=O) groups is 2. The number of fused-ring (bicyclic) bond motifs is 1. The number of carbonyl (C=O) groups excluding carboxylic acids is 2. The smallest absolute Gasteiger partial charge is 0.339 e. The lowest BCUT2D eigenvalue weighted by atomic mass is 10.1. The predicted molar refractivity (Wildman–Crippen MR) is 112 cm³/mol. The molecule has 1 N–H and O–H groups in total. The van der Waals surface area contributed by atoms with E-state index in [0.29, 0.717) is 33.6 Å². The van der Waals surface area contributed by atoms with Gasteiger partial charge in [-0.3, -0.25) is 9.78 Å². The van der Waals surface area contributed by atoms with Gasteiger partial charge in [-0.05, 0) is 63.6 Å². The zero-order valence-electron chi connectivity index (χ0n) is 17.2. The van der Waals surface area contributed by atoms with Crippen LogP contribution in [0.4, 0.5) is 5.69 Å². The van der Waals surface area contributed by atoms with Crippen molar-refractivity contribution in [3.05, 3.63) is 64.8 Å². The Morgan fingerprint density at radius 3 is 2.41 bits per heavy atom. The van der Waals surface area contributed by atoms with Crippen molar-refractivity contribution >= 4 is 28.5 Å². The van der Waals surface area contributed by atoms with E-state index in [2.05, 4.69) is 10.3 Å². The van der Waals surface area contributed by atoms with E-state index in [1.807, 2.05) is 45.0 Å². The van der Waals surface area contributed by atoms with Crippen LogP contribution in [0, 0.1) is 20.8 Å². The Hall–Kier alpha value is -3.41. The summed E-state index contributed by atoms with van der Waals surface area (Å²) >= 11 is 0. The number of nitrogens with zero attached hydrogens (tertiary/aromatic N) is 1. The molecule has 0 bridgehead atoms. The Bertz CT molecular complexity index is 1090. The van der Waals surface area contributed by atoms with Crippen molar-refractivity contribution in [1.29, 1.82) is 0 Å². The highest BCUT2D eigenvalue weighted by Gasteiger charge is 2.22. The van der Waals surface area contributed by atoms with Crippen LogP contribution in [0.15, 0.2) is 42.5 Å². The quantitative estimate of drug-likeness (QED) is 0.653. The van der Waals surface area contributed by atoms with Gasteiger partial charge in [0.05, 0.1) is 23.9 Å². The summed E-state index contributed by atoms with van der Waals surface area (Å²) in [4.78, 5) is 29.9. The molecule has 6 nitrogen and oxygen atoms in total. The largest absolute Gasteiger partial charge is 0.495 e. The van der Waals surface area contributed by atoms with E-state index in [9.17, 15) is 9.59 Å². The van der Waals surface area contributed by atoms with Crippen LogP contribution in [-0.4, -0.2) is 30.1 Å². The van der Waals surface area contributed by atoms with Gasteiger partial charge in [0.25, 0.3) is 5.91 Å². The number of aromatic nitrogens is 1. The standard InChI is InChI=1S/C23H24N2O4/c1-13-6-8-19-17(10-13)18(12-15(3)24-19)23(27)29-16(4)22(26)25-20-11-14(2)7-9-21(20)28-5/h6-12,16H,1-5H3,(H,25,26). The fraction of sp³-hybridized carbons (Fsp3) is 0.261. The van der Waals surface area contributed by atoms with Crippen LogP contribution in [-0.2, 0) is 9.53 Å². The molecular formula is C23H24N2O4. The van der Waals surface area contributed by atoms with Crippen molar-refractivity contribution in [3.63, 3.8) is 0 Å². The van der Waals surface area contributed by atoms with E-state index < -0.39 is 18.0 Å². The highest BCUT2D eigenvalue weighted by molar-refractivity contribution is 6.05. The highest BCUT2D eigenvalue weighted by Crippen LogP contribution is 2.26. The topological polar surface area (TPSA) is 77.5 Å². The van der Waals surface area contributed by atoms with Crippen LogP contribution in [0.25, 0.3) is 10.9 Å². The van der Waals surface area contributed by atoms with Gasteiger partial charge in [0.2, 0.25) is 0 Å². The Morgan fingerprint density at radius 2 is 1.69 bits per heavy atom. The molecule has 150 valence electrons. The normalized spacial score (nSPS) is 11.8. The molecule has 0 fully saturated rings. The number of benzene rings is 2. The van der Waals surface area contributed by atoms with Crippen molar-refractivity contribution in [2.45, 2.75) is 33.8 Å². The molecule has 3 aromatic rings. The van der Waals surface area contributed by atoms with E-state index in [-0.39, 0.29) is 0 Å². The number of methoxy groups -OCH3 is 1. The number of nitrogens with one attached hydrogen (secondary N) is 1. The summed E-state index contributed by atoms with van der Waals surface area (Å²) in [5.41, 5.74) is 4.32. The number of anilines is 1. The monoisotopic (exact) mass is 392 g/mol. The van der Waals surface area contributed by atoms with Gasteiger partial charge < -0.3 is 14.8 Å². The lowest BCUT2D eigenvalue weighted by Gasteiger charge is -2.16. The SMILES string of the molecule is COc1ccc(C)cc1NC(=O)C(C)OC(=O)c1cc(C)nc2ccc(C)cc12.